The molecule has 1 aliphatic heterocycles. The van der Waals surface area contributed by atoms with Crippen molar-refractivity contribution < 1.29 is 19.1 Å². The van der Waals surface area contributed by atoms with Gasteiger partial charge in [-0.1, -0.05) is 32.9 Å². The molecule has 3 atom stereocenters. The zero-order valence-electron chi connectivity index (χ0n) is 19.6. The van der Waals surface area contributed by atoms with E-state index in [2.05, 4.69) is 37.8 Å². The predicted octanol–water partition coefficient (Wildman–Crippen LogP) is 4.42. The van der Waals surface area contributed by atoms with Crippen molar-refractivity contribution in [3.8, 4) is 17.1 Å². The predicted molar refractivity (Wildman–Crippen MR) is 122 cm³/mol. The maximum Gasteiger partial charge on any atom is 0.167 e. The Morgan fingerprint density at radius 1 is 1.10 bits per heavy atom. The second kappa shape index (κ2) is 11.1. The van der Waals surface area contributed by atoms with Crippen LogP contribution >= 0.6 is 0 Å². The van der Waals surface area contributed by atoms with Gasteiger partial charge in [0.2, 0.25) is 0 Å². The first kappa shape index (κ1) is 23.8. The van der Waals surface area contributed by atoms with Gasteiger partial charge in [0, 0.05) is 37.7 Å². The quantitative estimate of drug-likeness (QED) is 0.602. The van der Waals surface area contributed by atoms with Gasteiger partial charge in [0.25, 0.3) is 0 Å². The van der Waals surface area contributed by atoms with Gasteiger partial charge >= 0.3 is 0 Å². The van der Waals surface area contributed by atoms with Crippen LogP contribution in [0.5, 0.6) is 5.75 Å². The van der Waals surface area contributed by atoms with E-state index in [1.54, 1.807) is 7.11 Å². The minimum Gasteiger partial charge on any atom is -0.497 e. The van der Waals surface area contributed by atoms with Crippen LogP contribution in [0, 0.1) is 11.8 Å². The van der Waals surface area contributed by atoms with Gasteiger partial charge in [0.05, 0.1) is 31.1 Å². The Balaban J connectivity index is 1.60. The molecule has 2 aromatic rings. The monoisotopic (exact) mass is 430 g/mol. The number of methoxy groups -OCH3 is 1. The third kappa shape index (κ3) is 7.06. The number of hydrogen-bond acceptors (Lipinski definition) is 6. The Kier molecular flexibility index (Phi) is 8.52. The number of nitrogens with zero attached hydrogens (tertiary/aromatic N) is 2. The number of rotatable bonds is 10. The van der Waals surface area contributed by atoms with E-state index in [0.29, 0.717) is 18.3 Å². The van der Waals surface area contributed by atoms with Crippen LogP contribution in [0.4, 0.5) is 0 Å². The van der Waals surface area contributed by atoms with Crippen molar-refractivity contribution in [2.24, 2.45) is 11.8 Å². The van der Waals surface area contributed by atoms with Crippen LogP contribution in [0.2, 0.25) is 0 Å². The summed E-state index contributed by atoms with van der Waals surface area (Å²) >= 11 is 0. The van der Waals surface area contributed by atoms with Crippen molar-refractivity contribution in [1.29, 1.82) is 0 Å². The Hall–Kier alpha value is -1.89. The molecular formula is C25H38N2O4. The Morgan fingerprint density at radius 2 is 1.77 bits per heavy atom. The molecule has 172 valence electrons. The summed E-state index contributed by atoms with van der Waals surface area (Å²) in [6, 6.07) is 9.73. The smallest absolute Gasteiger partial charge is 0.167 e. The number of aliphatic hydroxyl groups excluding tert-OH is 1. The van der Waals surface area contributed by atoms with Crippen LogP contribution < -0.4 is 4.74 Å². The topological polar surface area (TPSA) is 68.0 Å². The lowest BCUT2D eigenvalue weighted by Gasteiger charge is -2.37. The molecular weight excluding hydrogens is 392 g/mol. The summed E-state index contributed by atoms with van der Waals surface area (Å²) < 4.78 is 17.1. The average Bonchev–Trinajstić information content (AvgIpc) is 3.18. The van der Waals surface area contributed by atoms with Crippen LogP contribution in [0.1, 0.15) is 46.2 Å². The fourth-order valence-corrected chi connectivity index (χ4v) is 4.31. The first-order valence-corrected chi connectivity index (χ1v) is 11.5. The summed E-state index contributed by atoms with van der Waals surface area (Å²) in [6.07, 6.45) is 1.75. The molecule has 1 aromatic heterocycles. The van der Waals surface area contributed by atoms with Gasteiger partial charge in [-0.2, -0.15) is 0 Å². The Morgan fingerprint density at radius 3 is 2.39 bits per heavy atom. The van der Waals surface area contributed by atoms with Crippen LogP contribution in [0.25, 0.3) is 11.3 Å². The van der Waals surface area contributed by atoms with Gasteiger partial charge in [-0.15, -0.1) is 0 Å². The lowest BCUT2D eigenvalue weighted by Crippen LogP contribution is -2.48. The summed E-state index contributed by atoms with van der Waals surface area (Å²) in [7, 11) is 1.65. The van der Waals surface area contributed by atoms with E-state index < -0.39 is 6.10 Å². The van der Waals surface area contributed by atoms with Crippen molar-refractivity contribution in [2.75, 3.05) is 26.7 Å². The first-order chi connectivity index (χ1) is 14.8. The highest BCUT2D eigenvalue weighted by molar-refractivity contribution is 5.58. The van der Waals surface area contributed by atoms with E-state index in [1.807, 2.05) is 30.3 Å². The van der Waals surface area contributed by atoms with Gasteiger partial charge in [-0.3, -0.25) is 0 Å². The third-order valence-electron chi connectivity index (χ3n) is 5.64. The molecule has 0 radical (unpaired) electrons. The number of ether oxygens (including phenoxy) is 2. The van der Waals surface area contributed by atoms with Gasteiger partial charge in [0.15, 0.2) is 5.76 Å². The minimum absolute atomic E-state index is 0.0437. The van der Waals surface area contributed by atoms with Crippen LogP contribution in [0.3, 0.4) is 0 Å². The number of aliphatic hydroxyl groups is 1. The van der Waals surface area contributed by atoms with Gasteiger partial charge in [-0.25, -0.2) is 0 Å². The molecule has 1 aliphatic rings. The molecule has 1 fully saturated rings. The molecule has 0 saturated carbocycles. The van der Waals surface area contributed by atoms with Crippen molar-refractivity contribution in [3.05, 3.63) is 36.0 Å². The van der Waals surface area contributed by atoms with Crippen molar-refractivity contribution in [2.45, 2.75) is 65.3 Å². The number of benzene rings is 1. The fourth-order valence-electron chi connectivity index (χ4n) is 4.31. The maximum atomic E-state index is 10.6. The molecule has 0 unspecified atom stereocenters. The van der Waals surface area contributed by atoms with Gasteiger partial charge in [-0.05, 0) is 48.9 Å². The van der Waals surface area contributed by atoms with Crippen LogP contribution in [-0.4, -0.2) is 60.2 Å². The van der Waals surface area contributed by atoms with E-state index in [1.165, 1.54) is 0 Å². The number of aromatic nitrogens is 1. The summed E-state index contributed by atoms with van der Waals surface area (Å²) in [6.45, 7) is 11.7. The molecule has 1 N–H and O–H groups in total. The normalized spacial score (nSPS) is 21.9. The molecule has 31 heavy (non-hydrogen) atoms. The SMILES string of the molecule is COc1ccc(-c2cc(C[C@@H]3CC[C@H](O)[C@@H](CN(CC(C)C)CC(C)C)O3)no2)cc1. The van der Waals surface area contributed by atoms with E-state index in [-0.39, 0.29) is 12.2 Å². The van der Waals surface area contributed by atoms with Crippen molar-refractivity contribution >= 4 is 0 Å². The Labute approximate surface area is 186 Å². The molecule has 1 aromatic carbocycles. The van der Waals surface area contributed by atoms with Gasteiger partial charge < -0.3 is 24.0 Å². The maximum absolute atomic E-state index is 10.6. The standard InChI is InChI=1S/C25H38N2O4/c1-17(2)14-27(15-18(3)4)16-25-23(28)11-10-22(30-25)12-20-13-24(31-26-20)19-6-8-21(29-5)9-7-19/h6-9,13,17-18,22-23,25,28H,10-12,14-16H2,1-5H3/t22-,23-,25+/m0/s1. The van der Waals surface area contributed by atoms with E-state index >= 15 is 0 Å². The van der Waals surface area contributed by atoms with Crippen molar-refractivity contribution in [3.63, 3.8) is 0 Å². The molecule has 1 saturated heterocycles. The average molecular weight is 431 g/mol. The zero-order valence-corrected chi connectivity index (χ0v) is 19.6. The lowest BCUT2D eigenvalue weighted by atomic mass is 9.97. The summed E-state index contributed by atoms with van der Waals surface area (Å²) in [4.78, 5) is 2.43. The first-order valence-electron chi connectivity index (χ1n) is 11.5. The number of hydrogen-bond donors (Lipinski definition) is 1. The van der Waals surface area contributed by atoms with E-state index in [9.17, 15) is 5.11 Å². The zero-order chi connectivity index (χ0) is 22.4. The molecule has 0 bridgehead atoms. The summed E-state index contributed by atoms with van der Waals surface area (Å²) in [5.41, 5.74) is 1.85. The second-order valence-corrected chi connectivity index (χ2v) is 9.56. The van der Waals surface area contributed by atoms with Crippen LogP contribution in [0.15, 0.2) is 34.9 Å². The molecule has 6 heteroatoms. The molecule has 0 aliphatic carbocycles. The highest BCUT2D eigenvalue weighted by atomic mass is 16.5. The van der Waals surface area contributed by atoms with Crippen molar-refractivity contribution in [1.82, 2.24) is 10.1 Å². The molecule has 0 spiro atoms. The summed E-state index contributed by atoms with van der Waals surface area (Å²) in [5.74, 6) is 2.72. The highest BCUT2D eigenvalue weighted by Crippen LogP contribution is 2.27. The fraction of sp³-hybridized carbons (Fsp3) is 0.640. The van der Waals surface area contributed by atoms with Gasteiger partial charge in [0.1, 0.15) is 5.75 Å². The van der Waals surface area contributed by atoms with E-state index in [4.69, 9.17) is 14.0 Å². The third-order valence-corrected chi connectivity index (χ3v) is 5.64. The highest BCUT2D eigenvalue weighted by Gasteiger charge is 2.32. The second-order valence-electron chi connectivity index (χ2n) is 9.56. The molecule has 2 heterocycles. The van der Waals surface area contributed by atoms with Crippen LogP contribution in [-0.2, 0) is 11.2 Å². The lowest BCUT2D eigenvalue weighted by molar-refractivity contribution is -0.127. The Bertz CT molecular complexity index is 777. The minimum atomic E-state index is -0.412. The largest absolute Gasteiger partial charge is 0.497 e. The molecule has 6 nitrogen and oxygen atoms in total. The summed E-state index contributed by atoms with van der Waals surface area (Å²) in [5, 5.41) is 14.8. The molecule has 0 amide bonds. The van der Waals surface area contributed by atoms with E-state index in [0.717, 1.165) is 55.2 Å². The molecule has 3 rings (SSSR count).